The SMILES string of the molecule is Cc1ccccc1CNCC(P(=O)(O)O)P(=O)(O)O. The summed E-state index contributed by atoms with van der Waals surface area (Å²) in [5, 5.41) is 0.661. The normalized spacial score (nSPS) is 12.9. The van der Waals surface area contributed by atoms with Crippen LogP contribution in [0.1, 0.15) is 11.1 Å². The number of benzene rings is 1. The molecule has 0 bridgehead atoms. The van der Waals surface area contributed by atoms with E-state index in [9.17, 15) is 9.13 Å². The molecule has 9 heteroatoms. The summed E-state index contributed by atoms with van der Waals surface area (Å²) in [6.07, 6.45) is 0. The molecule has 0 aromatic heterocycles. The standard InChI is InChI=1S/C10H17NO6P2/c1-8-4-2-3-5-9(8)6-11-7-10(18(12,13)14)19(15,16)17/h2-5,10-11H,6-7H2,1H3,(H2,12,13,14)(H2,15,16,17). The Morgan fingerprint density at radius 1 is 1.11 bits per heavy atom. The van der Waals surface area contributed by atoms with E-state index in [0.29, 0.717) is 0 Å². The van der Waals surface area contributed by atoms with E-state index in [1.807, 2.05) is 31.2 Å². The van der Waals surface area contributed by atoms with Crippen LogP contribution in [-0.4, -0.2) is 31.5 Å². The molecule has 108 valence electrons. The second kappa shape index (κ2) is 6.29. The maximum Gasteiger partial charge on any atom is 0.342 e. The fraction of sp³-hybridized carbons (Fsp3) is 0.400. The lowest BCUT2D eigenvalue weighted by molar-refractivity contribution is 0.336. The summed E-state index contributed by atoms with van der Waals surface area (Å²) in [4.78, 5) is 35.8. The largest absolute Gasteiger partial charge is 0.342 e. The minimum Gasteiger partial charge on any atom is -0.324 e. The molecule has 1 rings (SSSR count). The Balaban J connectivity index is 2.67. The third kappa shape index (κ3) is 5.16. The van der Waals surface area contributed by atoms with Crippen LogP contribution in [0.2, 0.25) is 0 Å². The third-order valence-corrected chi connectivity index (χ3v) is 6.40. The first-order valence-electron chi connectivity index (χ1n) is 5.48. The van der Waals surface area contributed by atoms with Gasteiger partial charge in [-0.3, -0.25) is 9.13 Å². The fourth-order valence-corrected chi connectivity index (χ4v) is 3.88. The molecule has 5 N–H and O–H groups in total. The Morgan fingerprint density at radius 3 is 2.11 bits per heavy atom. The molecule has 0 spiro atoms. The first kappa shape index (κ1) is 16.5. The van der Waals surface area contributed by atoms with Crippen molar-refractivity contribution >= 4 is 15.2 Å². The molecule has 1 aromatic carbocycles. The van der Waals surface area contributed by atoms with Crippen LogP contribution < -0.4 is 5.32 Å². The molecule has 0 aliphatic carbocycles. The summed E-state index contributed by atoms with van der Waals surface area (Å²) < 4.78 is 22.1. The van der Waals surface area contributed by atoms with Crippen molar-refractivity contribution in [2.75, 3.05) is 6.54 Å². The zero-order chi connectivity index (χ0) is 14.7. The highest BCUT2D eigenvalue weighted by Crippen LogP contribution is 2.59. The first-order valence-corrected chi connectivity index (χ1v) is 8.84. The molecule has 0 aliphatic rings. The zero-order valence-corrected chi connectivity index (χ0v) is 12.1. The third-order valence-electron chi connectivity index (χ3n) is 2.68. The van der Waals surface area contributed by atoms with Gasteiger partial charge in [-0.1, -0.05) is 24.3 Å². The summed E-state index contributed by atoms with van der Waals surface area (Å²) in [7, 11) is -9.71. The molecular formula is C10H17NO6P2. The summed E-state index contributed by atoms with van der Waals surface area (Å²) >= 11 is 0. The number of rotatable bonds is 6. The smallest absolute Gasteiger partial charge is 0.324 e. The van der Waals surface area contributed by atoms with Gasteiger partial charge < -0.3 is 24.9 Å². The average Bonchev–Trinajstić information content (AvgIpc) is 2.23. The summed E-state index contributed by atoms with van der Waals surface area (Å²) in [6.45, 7) is 1.70. The molecule has 0 heterocycles. The van der Waals surface area contributed by atoms with Crippen LogP contribution in [0.4, 0.5) is 0 Å². The highest BCUT2D eigenvalue weighted by Gasteiger charge is 2.42. The number of nitrogens with one attached hydrogen (secondary N) is 1. The number of hydrogen-bond donors (Lipinski definition) is 5. The minimum atomic E-state index is -4.86. The monoisotopic (exact) mass is 309 g/mol. The molecule has 0 aliphatic heterocycles. The van der Waals surface area contributed by atoms with Gasteiger partial charge in [-0.05, 0) is 18.1 Å². The van der Waals surface area contributed by atoms with E-state index in [2.05, 4.69) is 5.32 Å². The van der Waals surface area contributed by atoms with E-state index in [1.165, 1.54) is 0 Å². The molecule has 1 aromatic rings. The Hall–Kier alpha value is -0.520. The molecule has 0 radical (unpaired) electrons. The highest BCUT2D eigenvalue weighted by atomic mass is 31.2. The Labute approximate surface area is 111 Å². The van der Waals surface area contributed by atoms with Gasteiger partial charge in [0.15, 0.2) is 5.40 Å². The van der Waals surface area contributed by atoms with E-state index < -0.39 is 27.1 Å². The predicted octanol–water partition coefficient (Wildman–Crippen LogP) is 0.766. The Bertz CT molecular complexity index is 501. The molecule has 0 saturated carbocycles. The molecule has 0 saturated heterocycles. The minimum absolute atomic E-state index is 0.281. The lowest BCUT2D eigenvalue weighted by Gasteiger charge is -2.20. The van der Waals surface area contributed by atoms with Gasteiger partial charge in [0.1, 0.15) is 0 Å². The molecule has 19 heavy (non-hydrogen) atoms. The van der Waals surface area contributed by atoms with Crippen LogP contribution in [-0.2, 0) is 15.7 Å². The van der Waals surface area contributed by atoms with Gasteiger partial charge in [-0.2, -0.15) is 0 Å². The summed E-state index contributed by atoms with van der Waals surface area (Å²) in [5.74, 6) is 0. The average molecular weight is 309 g/mol. The lowest BCUT2D eigenvalue weighted by Crippen LogP contribution is -2.27. The van der Waals surface area contributed by atoms with Crippen LogP contribution in [0.5, 0.6) is 0 Å². The first-order chi connectivity index (χ1) is 8.62. The number of aryl methyl sites for hydroxylation is 1. The van der Waals surface area contributed by atoms with Crippen LogP contribution >= 0.6 is 15.2 Å². The Morgan fingerprint density at radius 2 is 1.63 bits per heavy atom. The molecule has 0 unspecified atom stereocenters. The fourth-order valence-electron chi connectivity index (χ4n) is 1.58. The molecule has 0 fully saturated rings. The van der Waals surface area contributed by atoms with Gasteiger partial charge in [0.05, 0.1) is 0 Å². The van der Waals surface area contributed by atoms with Crippen molar-refractivity contribution in [3.05, 3.63) is 35.4 Å². The second-order valence-electron chi connectivity index (χ2n) is 4.22. The second-order valence-corrected chi connectivity index (χ2v) is 8.23. The van der Waals surface area contributed by atoms with E-state index in [-0.39, 0.29) is 6.54 Å². The van der Waals surface area contributed by atoms with Crippen LogP contribution in [0.15, 0.2) is 24.3 Å². The quantitative estimate of drug-likeness (QED) is 0.491. The molecule has 0 atom stereocenters. The highest BCUT2D eigenvalue weighted by molar-refractivity contribution is 7.70. The topological polar surface area (TPSA) is 127 Å². The molecule has 0 amide bonds. The van der Waals surface area contributed by atoms with Crippen molar-refractivity contribution < 1.29 is 28.7 Å². The van der Waals surface area contributed by atoms with E-state index in [4.69, 9.17) is 19.6 Å². The maximum atomic E-state index is 11.0. The van der Waals surface area contributed by atoms with Crippen molar-refractivity contribution in [3.8, 4) is 0 Å². The van der Waals surface area contributed by atoms with Gasteiger partial charge >= 0.3 is 15.2 Å². The van der Waals surface area contributed by atoms with E-state index >= 15 is 0 Å². The zero-order valence-electron chi connectivity index (χ0n) is 10.3. The summed E-state index contributed by atoms with van der Waals surface area (Å²) in [5.41, 5.74) is 1.89. The van der Waals surface area contributed by atoms with Gasteiger partial charge in [-0.15, -0.1) is 0 Å². The van der Waals surface area contributed by atoms with Gasteiger partial charge in [0, 0.05) is 13.1 Å². The van der Waals surface area contributed by atoms with Gasteiger partial charge in [0.2, 0.25) is 0 Å². The van der Waals surface area contributed by atoms with Gasteiger partial charge in [0.25, 0.3) is 0 Å². The van der Waals surface area contributed by atoms with Crippen molar-refractivity contribution in [2.24, 2.45) is 0 Å². The van der Waals surface area contributed by atoms with Crippen molar-refractivity contribution in [2.45, 2.75) is 18.9 Å². The van der Waals surface area contributed by atoms with Crippen molar-refractivity contribution in [3.63, 3.8) is 0 Å². The van der Waals surface area contributed by atoms with E-state index in [1.54, 1.807) is 0 Å². The van der Waals surface area contributed by atoms with E-state index in [0.717, 1.165) is 11.1 Å². The maximum absolute atomic E-state index is 11.0. The molecule has 7 nitrogen and oxygen atoms in total. The number of hydrogen-bond acceptors (Lipinski definition) is 3. The lowest BCUT2D eigenvalue weighted by atomic mass is 10.1. The van der Waals surface area contributed by atoms with Crippen LogP contribution in [0, 0.1) is 6.92 Å². The van der Waals surface area contributed by atoms with Gasteiger partial charge in [-0.25, -0.2) is 0 Å². The summed E-state index contributed by atoms with van der Waals surface area (Å²) in [6, 6.07) is 7.37. The van der Waals surface area contributed by atoms with Crippen LogP contribution in [0.25, 0.3) is 0 Å². The van der Waals surface area contributed by atoms with Crippen molar-refractivity contribution in [1.29, 1.82) is 0 Å². The predicted molar refractivity (Wildman–Crippen MR) is 70.8 cm³/mol. The Kier molecular flexibility index (Phi) is 5.47. The van der Waals surface area contributed by atoms with Crippen molar-refractivity contribution in [1.82, 2.24) is 5.32 Å². The molecular weight excluding hydrogens is 292 g/mol. The van der Waals surface area contributed by atoms with Crippen LogP contribution in [0.3, 0.4) is 0 Å².